The Bertz CT molecular complexity index is 1380. The van der Waals surface area contributed by atoms with E-state index in [2.05, 4.69) is 20.6 Å². The highest BCUT2D eigenvalue weighted by Crippen LogP contribution is 2.29. The van der Waals surface area contributed by atoms with Crippen molar-refractivity contribution in [3.63, 3.8) is 0 Å². The molecule has 0 bridgehead atoms. The number of rotatable bonds is 5. The average molecular weight is 454 g/mol. The van der Waals surface area contributed by atoms with Gasteiger partial charge in [0.2, 0.25) is 11.7 Å². The first-order valence-corrected chi connectivity index (χ1v) is 10.7. The fraction of sp³-hybridized carbons (Fsp3) is 0.160. The predicted octanol–water partition coefficient (Wildman–Crippen LogP) is 3.11. The van der Waals surface area contributed by atoms with E-state index in [1.807, 2.05) is 54.0 Å². The van der Waals surface area contributed by atoms with Crippen LogP contribution in [-0.4, -0.2) is 43.7 Å². The van der Waals surface area contributed by atoms with Crippen molar-refractivity contribution in [2.75, 3.05) is 11.9 Å². The number of imidazole rings is 1. The number of nitrogens with one attached hydrogen (secondary N) is 2. The van der Waals surface area contributed by atoms with E-state index in [9.17, 15) is 14.4 Å². The molecule has 0 radical (unpaired) electrons. The fourth-order valence-corrected chi connectivity index (χ4v) is 3.96. The number of imide groups is 1. The van der Waals surface area contributed by atoms with Crippen molar-refractivity contribution in [2.24, 2.45) is 0 Å². The molecule has 9 heteroatoms. The molecule has 9 nitrogen and oxygen atoms in total. The van der Waals surface area contributed by atoms with Crippen molar-refractivity contribution in [3.05, 3.63) is 84.3 Å². The molecule has 1 aliphatic rings. The average Bonchev–Trinajstić information content (AvgIpc) is 3.35. The van der Waals surface area contributed by atoms with Crippen molar-refractivity contribution >= 4 is 29.3 Å². The van der Waals surface area contributed by atoms with Crippen LogP contribution in [0.1, 0.15) is 18.1 Å². The monoisotopic (exact) mass is 454 g/mol. The van der Waals surface area contributed by atoms with E-state index in [1.54, 1.807) is 37.4 Å². The van der Waals surface area contributed by atoms with Gasteiger partial charge in [0.1, 0.15) is 12.1 Å². The molecule has 1 aliphatic heterocycles. The Morgan fingerprint density at radius 1 is 1.09 bits per heavy atom. The molecule has 2 aromatic carbocycles. The van der Waals surface area contributed by atoms with E-state index in [0.29, 0.717) is 17.0 Å². The minimum absolute atomic E-state index is 0.383. The van der Waals surface area contributed by atoms with Gasteiger partial charge in [-0.15, -0.1) is 0 Å². The number of anilines is 1. The summed E-state index contributed by atoms with van der Waals surface area (Å²) >= 11 is 0. The molecule has 4 amide bonds. The zero-order valence-electron chi connectivity index (χ0n) is 18.6. The lowest BCUT2D eigenvalue weighted by Crippen LogP contribution is -2.42. The Hall–Kier alpha value is -4.53. The van der Waals surface area contributed by atoms with Gasteiger partial charge in [0, 0.05) is 29.8 Å². The summed E-state index contributed by atoms with van der Waals surface area (Å²) in [6.45, 7) is 3.20. The first-order valence-electron chi connectivity index (χ1n) is 10.7. The third-order valence-electron chi connectivity index (χ3n) is 5.91. The Kier molecular flexibility index (Phi) is 5.09. The number of carbonyl (C=O) groups is 3. The Morgan fingerprint density at radius 3 is 2.53 bits per heavy atom. The smallest absolute Gasteiger partial charge is 0.325 e. The molecule has 0 aliphatic carbocycles. The topological polar surface area (TPSA) is 109 Å². The molecule has 1 unspecified atom stereocenters. The van der Waals surface area contributed by atoms with Gasteiger partial charge in [0.25, 0.3) is 5.91 Å². The number of amides is 4. The molecule has 170 valence electrons. The van der Waals surface area contributed by atoms with E-state index in [-0.39, 0.29) is 6.54 Å². The van der Waals surface area contributed by atoms with Gasteiger partial charge >= 0.3 is 6.03 Å². The third kappa shape index (κ3) is 3.77. The van der Waals surface area contributed by atoms with Gasteiger partial charge in [-0.25, -0.2) is 14.8 Å². The number of urea groups is 1. The summed E-state index contributed by atoms with van der Waals surface area (Å²) in [6, 6.07) is 15.7. The summed E-state index contributed by atoms with van der Waals surface area (Å²) in [5.74, 6) is -0.338. The number of carbonyl (C=O) groups excluding carboxylic acids is 3. The van der Waals surface area contributed by atoms with Crippen molar-refractivity contribution in [1.29, 1.82) is 0 Å². The number of aromatic nitrogens is 3. The van der Waals surface area contributed by atoms with E-state index in [4.69, 9.17) is 0 Å². The summed E-state index contributed by atoms with van der Waals surface area (Å²) in [6.07, 6.45) is 5.42. The van der Waals surface area contributed by atoms with Gasteiger partial charge < -0.3 is 10.6 Å². The molecule has 3 heterocycles. The highest BCUT2D eigenvalue weighted by atomic mass is 16.2. The van der Waals surface area contributed by atoms with Gasteiger partial charge in [0.15, 0.2) is 0 Å². The highest BCUT2D eigenvalue weighted by molar-refractivity contribution is 6.10. The minimum atomic E-state index is -1.21. The molecule has 0 saturated carbocycles. The van der Waals surface area contributed by atoms with Crippen LogP contribution in [0.5, 0.6) is 0 Å². The molecule has 4 aromatic rings. The molecular weight excluding hydrogens is 432 g/mol. The first kappa shape index (κ1) is 21.3. The van der Waals surface area contributed by atoms with Crippen LogP contribution < -0.4 is 10.6 Å². The Labute approximate surface area is 195 Å². The predicted molar refractivity (Wildman–Crippen MR) is 126 cm³/mol. The molecule has 5 rings (SSSR count). The van der Waals surface area contributed by atoms with E-state index < -0.39 is 23.4 Å². The standard InChI is InChI=1S/C25H22N6O3/c1-16-4-8-18(9-5-16)25(2)22(33)31(24(34)29-25)15-21(32)27-19-10-6-17(7-11-19)20-14-30-13-3-12-26-23(30)28-20/h3-14H,15H2,1-2H3,(H,27,32)(H,29,34). The van der Waals surface area contributed by atoms with E-state index >= 15 is 0 Å². The minimum Gasteiger partial charge on any atom is -0.325 e. The second-order valence-electron chi connectivity index (χ2n) is 8.39. The van der Waals surface area contributed by atoms with E-state index in [0.717, 1.165) is 21.7 Å². The van der Waals surface area contributed by atoms with Crippen molar-refractivity contribution in [2.45, 2.75) is 19.4 Å². The maximum absolute atomic E-state index is 13.0. The van der Waals surface area contributed by atoms with Crippen LogP contribution in [0.25, 0.3) is 17.0 Å². The summed E-state index contributed by atoms with van der Waals surface area (Å²) in [5, 5.41) is 5.45. The quantitative estimate of drug-likeness (QED) is 0.451. The maximum atomic E-state index is 13.0. The van der Waals surface area contributed by atoms with Gasteiger partial charge in [-0.2, -0.15) is 0 Å². The molecule has 1 atom stereocenters. The Morgan fingerprint density at radius 2 is 1.82 bits per heavy atom. The molecular formula is C25H22N6O3. The molecule has 1 fully saturated rings. The van der Waals surface area contributed by atoms with Crippen molar-refractivity contribution in [3.8, 4) is 11.3 Å². The van der Waals surface area contributed by atoms with Crippen LogP contribution in [0, 0.1) is 6.92 Å². The van der Waals surface area contributed by atoms with Crippen molar-refractivity contribution < 1.29 is 14.4 Å². The number of aryl methyl sites for hydroxylation is 1. The normalized spacial score (nSPS) is 17.8. The van der Waals surface area contributed by atoms with Gasteiger partial charge in [0.05, 0.1) is 5.69 Å². The van der Waals surface area contributed by atoms with Crippen molar-refractivity contribution in [1.82, 2.24) is 24.6 Å². The second-order valence-corrected chi connectivity index (χ2v) is 8.39. The summed E-state index contributed by atoms with van der Waals surface area (Å²) in [7, 11) is 0. The van der Waals surface area contributed by atoms with Crippen LogP contribution in [0.3, 0.4) is 0 Å². The summed E-state index contributed by atoms with van der Waals surface area (Å²) < 4.78 is 1.83. The highest BCUT2D eigenvalue weighted by Gasteiger charge is 2.49. The van der Waals surface area contributed by atoms with Gasteiger partial charge in [-0.1, -0.05) is 42.0 Å². The number of hydrogen-bond acceptors (Lipinski definition) is 5. The largest absolute Gasteiger partial charge is 0.325 e. The van der Waals surface area contributed by atoms with Crippen LogP contribution in [-0.2, 0) is 15.1 Å². The molecule has 0 spiro atoms. The van der Waals surface area contributed by atoms with Gasteiger partial charge in [-0.3, -0.25) is 18.9 Å². The number of hydrogen-bond donors (Lipinski definition) is 2. The molecule has 2 aromatic heterocycles. The third-order valence-corrected chi connectivity index (χ3v) is 5.91. The number of benzene rings is 2. The van der Waals surface area contributed by atoms with E-state index in [1.165, 1.54) is 0 Å². The lowest BCUT2D eigenvalue weighted by Gasteiger charge is -2.22. The summed E-state index contributed by atoms with van der Waals surface area (Å²) in [5.41, 5.74) is 2.67. The zero-order valence-corrected chi connectivity index (χ0v) is 18.6. The lowest BCUT2D eigenvalue weighted by atomic mass is 9.91. The SMILES string of the molecule is Cc1ccc(C2(C)NC(=O)N(CC(=O)Nc3ccc(-c4cn5cccnc5n4)cc3)C2=O)cc1. The van der Waals surface area contributed by atoms with Gasteiger partial charge in [-0.05, 0) is 37.6 Å². The molecule has 1 saturated heterocycles. The maximum Gasteiger partial charge on any atom is 0.325 e. The second kappa shape index (κ2) is 8.11. The zero-order chi connectivity index (χ0) is 23.9. The van der Waals surface area contributed by atoms with Crippen LogP contribution in [0.4, 0.5) is 10.5 Å². The number of fused-ring (bicyclic) bond motifs is 1. The number of nitrogens with zero attached hydrogens (tertiary/aromatic N) is 4. The Balaban J connectivity index is 1.26. The van der Waals surface area contributed by atoms with Crippen LogP contribution >= 0.6 is 0 Å². The summed E-state index contributed by atoms with van der Waals surface area (Å²) in [4.78, 5) is 47.8. The molecule has 2 N–H and O–H groups in total. The fourth-order valence-electron chi connectivity index (χ4n) is 3.96. The first-order chi connectivity index (χ1) is 16.3. The lowest BCUT2D eigenvalue weighted by molar-refractivity contribution is -0.133. The molecule has 34 heavy (non-hydrogen) atoms. The van der Waals surface area contributed by atoms with Crippen LogP contribution in [0.15, 0.2) is 73.2 Å². The van der Waals surface area contributed by atoms with Crippen LogP contribution in [0.2, 0.25) is 0 Å².